The fourth-order valence-electron chi connectivity index (χ4n) is 4.42. The number of fused-ring (bicyclic) bond motifs is 2. The van der Waals surface area contributed by atoms with Crippen molar-refractivity contribution in [1.82, 2.24) is 9.55 Å². The van der Waals surface area contributed by atoms with Crippen molar-refractivity contribution in [3.8, 4) is 0 Å². The van der Waals surface area contributed by atoms with Crippen molar-refractivity contribution in [2.75, 3.05) is 31.1 Å². The number of benzene rings is 2. The van der Waals surface area contributed by atoms with Gasteiger partial charge in [0.15, 0.2) is 0 Å². The number of allylic oxidation sites excluding steroid dienone is 1. The van der Waals surface area contributed by atoms with Crippen LogP contribution < -0.4 is 15.4 Å². The summed E-state index contributed by atoms with van der Waals surface area (Å²) in [4.78, 5) is 20.7. The van der Waals surface area contributed by atoms with Gasteiger partial charge in [0, 0.05) is 17.8 Å². The summed E-state index contributed by atoms with van der Waals surface area (Å²) in [7, 11) is 0. The van der Waals surface area contributed by atoms with Crippen molar-refractivity contribution in [1.29, 1.82) is 0 Å². The Kier molecular flexibility index (Phi) is 4.81. The Labute approximate surface area is 177 Å². The molecule has 2 aliphatic rings. The van der Waals surface area contributed by atoms with Gasteiger partial charge in [0.25, 0.3) is 5.56 Å². The van der Waals surface area contributed by atoms with Crippen LogP contribution in [0.25, 0.3) is 16.5 Å². The Balaban J connectivity index is 1.34. The van der Waals surface area contributed by atoms with Gasteiger partial charge in [-0.15, -0.1) is 0 Å². The summed E-state index contributed by atoms with van der Waals surface area (Å²) in [6.45, 7) is 3.51. The number of anilines is 1. The molecule has 2 aromatic carbocycles. The van der Waals surface area contributed by atoms with Crippen LogP contribution in [0, 0.1) is 0 Å². The van der Waals surface area contributed by atoms with Gasteiger partial charge in [0.05, 0.1) is 42.6 Å². The molecule has 0 radical (unpaired) electrons. The van der Waals surface area contributed by atoms with E-state index in [1.807, 2.05) is 23.1 Å². The van der Waals surface area contributed by atoms with E-state index in [2.05, 4.69) is 6.20 Å². The van der Waals surface area contributed by atoms with Crippen molar-refractivity contribution in [2.24, 2.45) is 0 Å². The maximum atomic E-state index is 13.0. The molecule has 0 atom stereocenters. The van der Waals surface area contributed by atoms with E-state index in [1.165, 1.54) is 17.0 Å². The molecule has 31 heavy (non-hydrogen) atoms. The van der Waals surface area contributed by atoms with E-state index < -0.39 is 11.7 Å². The first-order valence-electron chi connectivity index (χ1n) is 10.4. The van der Waals surface area contributed by atoms with Crippen LogP contribution >= 0.6 is 0 Å². The number of piperazine rings is 1. The van der Waals surface area contributed by atoms with Crippen molar-refractivity contribution in [3.63, 3.8) is 0 Å². The van der Waals surface area contributed by atoms with Crippen LogP contribution in [0.1, 0.15) is 17.8 Å². The Morgan fingerprint density at radius 3 is 2.55 bits per heavy atom. The lowest BCUT2D eigenvalue weighted by atomic mass is 10.1. The summed E-state index contributed by atoms with van der Waals surface area (Å²) in [5, 5.41) is 0.634. The second-order valence-electron chi connectivity index (χ2n) is 8.02. The predicted molar refractivity (Wildman–Crippen MR) is 113 cm³/mol. The van der Waals surface area contributed by atoms with Crippen LogP contribution in [0.5, 0.6) is 0 Å². The van der Waals surface area contributed by atoms with Crippen LogP contribution in [0.15, 0.2) is 59.5 Å². The van der Waals surface area contributed by atoms with Crippen LogP contribution in [0.3, 0.4) is 0 Å². The van der Waals surface area contributed by atoms with Crippen molar-refractivity contribution in [2.45, 2.75) is 19.1 Å². The summed E-state index contributed by atoms with van der Waals surface area (Å²) in [6, 6.07) is 12.9. The minimum absolute atomic E-state index is 0.00614. The van der Waals surface area contributed by atoms with E-state index in [0.717, 1.165) is 37.0 Å². The fourth-order valence-corrected chi connectivity index (χ4v) is 4.42. The topological polar surface area (TPSA) is 42.6 Å². The normalized spacial score (nSPS) is 18.7. The Bertz CT molecular complexity index is 1220. The summed E-state index contributed by atoms with van der Waals surface area (Å²) < 4.78 is 40.8. The van der Waals surface area contributed by atoms with Crippen molar-refractivity contribution in [3.05, 3.63) is 76.5 Å². The number of para-hydroxylation sites is 1. The molecule has 1 aromatic heterocycles. The molecule has 0 bridgehead atoms. The predicted octanol–water partition coefficient (Wildman–Crippen LogP) is 2.57. The number of rotatable bonds is 2. The number of nitrogens with one attached hydrogen (secondary N) is 1. The van der Waals surface area contributed by atoms with Gasteiger partial charge in [0.1, 0.15) is 12.0 Å². The first kappa shape index (κ1) is 19.8. The zero-order valence-electron chi connectivity index (χ0n) is 16.8. The van der Waals surface area contributed by atoms with E-state index in [9.17, 15) is 18.0 Å². The summed E-state index contributed by atoms with van der Waals surface area (Å²) in [5.74, 6) is 0.733. The molecule has 1 saturated heterocycles. The molecule has 3 aromatic rings. The summed E-state index contributed by atoms with van der Waals surface area (Å²) in [6.07, 6.45) is -1.43. The molecular formula is C23H22F3N4O+. The molecule has 1 fully saturated rings. The van der Waals surface area contributed by atoms with E-state index in [-0.39, 0.29) is 5.56 Å². The van der Waals surface area contributed by atoms with Crippen LogP contribution in [0.2, 0.25) is 0 Å². The number of hydrogen-bond donors (Lipinski definition) is 1. The third-order valence-electron chi connectivity index (χ3n) is 6.08. The van der Waals surface area contributed by atoms with Crippen LogP contribution in [-0.4, -0.2) is 35.7 Å². The third-order valence-corrected chi connectivity index (χ3v) is 6.08. The number of halogens is 3. The van der Waals surface area contributed by atoms with Gasteiger partial charge in [-0.25, -0.2) is 4.98 Å². The van der Waals surface area contributed by atoms with Gasteiger partial charge < -0.3 is 9.80 Å². The first-order chi connectivity index (χ1) is 14.9. The molecule has 0 aliphatic carbocycles. The molecule has 0 spiro atoms. The molecule has 0 saturated carbocycles. The Hall–Kier alpha value is -3.13. The standard InChI is InChI=1S/C23H21F3N4O/c24-23(25,26)17-4-3-5-18(14-17)29-12-10-28(11-13-29)15-16-8-9-30-21(16)27-20-7-2-1-6-19(20)22(30)31/h1-7,14-15H,8-13H2/p+1/b16-15-. The number of hydrogen-bond acceptors (Lipinski definition) is 3. The van der Waals surface area contributed by atoms with E-state index in [4.69, 9.17) is 4.98 Å². The smallest absolute Gasteiger partial charge is 0.360 e. The second-order valence-corrected chi connectivity index (χ2v) is 8.02. The molecule has 3 heterocycles. The number of quaternary nitrogens is 1. The van der Waals surface area contributed by atoms with Crippen molar-refractivity contribution < 1.29 is 18.1 Å². The zero-order valence-corrected chi connectivity index (χ0v) is 16.8. The highest BCUT2D eigenvalue weighted by Gasteiger charge is 2.31. The van der Waals surface area contributed by atoms with Crippen LogP contribution in [-0.2, 0) is 12.7 Å². The molecule has 0 amide bonds. The lowest BCUT2D eigenvalue weighted by Crippen LogP contribution is -3.10. The molecule has 5 nitrogen and oxygen atoms in total. The quantitative estimate of drug-likeness (QED) is 0.684. The lowest BCUT2D eigenvalue weighted by molar-refractivity contribution is -0.847. The molecule has 2 aliphatic heterocycles. The molecule has 0 unspecified atom stereocenters. The Morgan fingerprint density at radius 2 is 1.77 bits per heavy atom. The largest absolute Gasteiger partial charge is 0.416 e. The first-order valence-corrected chi connectivity index (χ1v) is 10.4. The third kappa shape index (κ3) is 3.72. The average Bonchev–Trinajstić information content (AvgIpc) is 3.17. The van der Waals surface area contributed by atoms with E-state index in [1.54, 1.807) is 16.7 Å². The number of alkyl halides is 3. The SMILES string of the molecule is O=c1c2ccccc2nc2n1CC/C2=C/[NH+]1CCN(c2cccc(C(F)(F)F)c2)CC1. The Morgan fingerprint density at radius 1 is 1.00 bits per heavy atom. The zero-order chi connectivity index (χ0) is 21.6. The highest BCUT2D eigenvalue weighted by molar-refractivity contribution is 5.79. The molecule has 160 valence electrons. The highest BCUT2D eigenvalue weighted by atomic mass is 19.4. The van der Waals surface area contributed by atoms with E-state index in [0.29, 0.717) is 36.2 Å². The van der Waals surface area contributed by atoms with Crippen molar-refractivity contribution >= 4 is 22.2 Å². The highest BCUT2D eigenvalue weighted by Crippen LogP contribution is 2.31. The fraction of sp³-hybridized carbons (Fsp3) is 0.304. The minimum atomic E-state index is -4.33. The van der Waals surface area contributed by atoms with Gasteiger partial charge in [-0.3, -0.25) is 9.36 Å². The molecule has 1 N–H and O–H groups in total. The second kappa shape index (κ2) is 7.53. The van der Waals surface area contributed by atoms with Gasteiger partial charge in [-0.05, 0) is 36.8 Å². The maximum absolute atomic E-state index is 13.0. The number of aromatic nitrogens is 2. The molecule has 5 rings (SSSR count). The molecular weight excluding hydrogens is 405 g/mol. The van der Waals surface area contributed by atoms with Gasteiger partial charge in [0.2, 0.25) is 0 Å². The summed E-state index contributed by atoms with van der Waals surface area (Å²) in [5.41, 5.74) is 1.75. The number of nitrogens with zero attached hydrogens (tertiary/aromatic N) is 3. The van der Waals surface area contributed by atoms with Crippen LogP contribution in [0.4, 0.5) is 18.9 Å². The lowest BCUT2D eigenvalue weighted by Gasteiger charge is -2.32. The monoisotopic (exact) mass is 427 g/mol. The average molecular weight is 427 g/mol. The minimum Gasteiger partial charge on any atom is -0.360 e. The van der Waals surface area contributed by atoms with Gasteiger partial charge >= 0.3 is 6.18 Å². The maximum Gasteiger partial charge on any atom is 0.416 e. The molecule has 8 heteroatoms. The van der Waals surface area contributed by atoms with E-state index >= 15 is 0 Å². The van der Waals surface area contributed by atoms with Gasteiger partial charge in [-0.1, -0.05) is 18.2 Å². The van der Waals surface area contributed by atoms with Gasteiger partial charge in [-0.2, -0.15) is 13.2 Å². The summed E-state index contributed by atoms with van der Waals surface area (Å²) >= 11 is 0.